The number of anilines is 2. The number of halogens is 8. The van der Waals surface area contributed by atoms with Gasteiger partial charge < -0.3 is 37.9 Å². The van der Waals surface area contributed by atoms with Gasteiger partial charge in [0.15, 0.2) is 47.8 Å². The highest BCUT2D eigenvalue weighted by molar-refractivity contribution is 7.92. The van der Waals surface area contributed by atoms with E-state index in [9.17, 15) is 44.0 Å². The van der Waals surface area contributed by atoms with Crippen molar-refractivity contribution < 1.29 is 91.0 Å². The molecule has 0 saturated heterocycles. The molecule has 0 spiro atoms. The summed E-state index contributed by atoms with van der Waals surface area (Å²) in [6.45, 7) is -4.72. The van der Waals surface area contributed by atoms with E-state index in [0.29, 0.717) is 92.4 Å². The fraction of sp³-hybridized carbons (Fsp3) is 0.438. The summed E-state index contributed by atoms with van der Waals surface area (Å²) in [5.74, 6) is 0.165. The van der Waals surface area contributed by atoms with E-state index >= 15 is 0 Å². The lowest BCUT2D eigenvalue weighted by molar-refractivity contribution is -0.671. The first-order valence-corrected chi connectivity index (χ1v) is 34.0. The highest BCUT2D eigenvalue weighted by atomic mass is 35.5. The van der Waals surface area contributed by atoms with Crippen molar-refractivity contribution in [1.82, 2.24) is 0 Å². The van der Waals surface area contributed by atoms with Crippen molar-refractivity contribution in [2.24, 2.45) is 37.8 Å². The molecule has 4 aliphatic rings. The summed E-state index contributed by atoms with van der Waals surface area (Å²) in [6, 6.07) is 17.2. The standard InChI is InChI=1S/2C31H32Cl2F2N2O7S.2CH4/c2*1-37-14-23(32)22(24(33)15-37)13-27(20-8-10-26(44-31(34)35)29(11-20)42-17-19-5-6-19)43-30(38)21-7-9-25(36-45(2,39)40)28(12-21)41-16-18-3-4-18;;/h2*7-12,14-15,18-19,27,31H,3-6,13,16-17H2,1-2H3;2*1H4/p+2/t2*27-;;/m00../s1. The lowest BCUT2D eigenvalue weighted by atomic mass is 10.0. The van der Waals surface area contributed by atoms with E-state index in [1.54, 1.807) is 48.0 Å². The molecular formula is C64H74Cl4F4N4O14S2+2. The van der Waals surface area contributed by atoms with Gasteiger partial charge in [-0.25, -0.2) is 35.6 Å². The van der Waals surface area contributed by atoms with Crippen LogP contribution in [-0.4, -0.2) is 80.9 Å². The second-order valence-corrected chi connectivity index (χ2v) is 27.9. The Balaban J connectivity index is 0.000000255. The van der Waals surface area contributed by atoms with E-state index in [1.807, 2.05) is 0 Å². The minimum atomic E-state index is -3.62. The van der Waals surface area contributed by atoms with E-state index in [2.05, 4.69) is 18.9 Å². The topological polar surface area (TPSA) is 208 Å². The van der Waals surface area contributed by atoms with Crippen molar-refractivity contribution in [1.29, 1.82) is 0 Å². The number of aromatic nitrogens is 2. The number of aryl methyl sites for hydroxylation is 2. The number of hydrogen-bond acceptors (Lipinski definition) is 14. The molecule has 92 heavy (non-hydrogen) atoms. The largest absolute Gasteiger partial charge is 0.491 e. The van der Waals surface area contributed by atoms with Crippen LogP contribution in [0, 0.1) is 23.7 Å². The molecular weight excluding hydrogens is 1330 g/mol. The Labute approximate surface area is 553 Å². The van der Waals surface area contributed by atoms with Crippen LogP contribution in [0.15, 0.2) is 97.6 Å². The predicted molar refractivity (Wildman–Crippen MR) is 341 cm³/mol. The molecule has 2 heterocycles. The average Bonchev–Trinajstić information content (AvgIpc) is 1.59. The molecule has 2 atom stereocenters. The van der Waals surface area contributed by atoms with Crippen molar-refractivity contribution in [2.45, 2.75) is 104 Å². The molecule has 0 amide bonds. The Morgan fingerprint density at radius 1 is 0.478 bits per heavy atom. The van der Waals surface area contributed by atoms with Gasteiger partial charge in [-0.05, 0) is 147 Å². The number of esters is 2. The van der Waals surface area contributed by atoms with Gasteiger partial charge in [0.2, 0.25) is 20.0 Å². The normalized spacial score (nSPS) is 15.1. The van der Waals surface area contributed by atoms with Crippen LogP contribution in [-0.2, 0) is 56.5 Å². The molecule has 4 aromatic carbocycles. The molecule has 0 aliphatic heterocycles. The number of alkyl halides is 4. The van der Waals surface area contributed by atoms with Crippen LogP contribution in [0.2, 0.25) is 20.1 Å². The molecule has 0 radical (unpaired) electrons. The van der Waals surface area contributed by atoms with Crippen LogP contribution < -0.4 is 47.0 Å². The molecule has 18 nitrogen and oxygen atoms in total. The van der Waals surface area contributed by atoms with Crippen molar-refractivity contribution in [3.63, 3.8) is 0 Å². The van der Waals surface area contributed by atoms with Crippen LogP contribution >= 0.6 is 46.4 Å². The maximum absolute atomic E-state index is 13.6. The Morgan fingerprint density at radius 2 is 0.783 bits per heavy atom. The minimum absolute atomic E-state index is 0. The fourth-order valence-electron chi connectivity index (χ4n) is 9.08. The van der Waals surface area contributed by atoms with Crippen LogP contribution in [0.1, 0.15) is 121 Å². The number of rotatable bonds is 30. The van der Waals surface area contributed by atoms with E-state index in [0.717, 1.165) is 63.9 Å². The van der Waals surface area contributed by atoms with Crippen molar-refractivity contribution in [3.05, 3.63) is 151 Å². The maximum atomic E-state index is 13.6. The van der Waals surface area contributed by atoms with Crippen molar-refractivity contribution >= 4 is 89.8 Å². The first-order valence-electron chi connectivity index (χ1n) is 28.7. The number of ether oxygens (including phenoxy) is 8. The summed E-state index contributed by atoms with van der Waals surface area (Å²) >= 11 is 26.1. The second-order valence-electron chi connectivity index (χ2n) is 22.7. The third kappa shape index (κ3) is 22.2. The first-order chi connectivity index (χ1) is 42.7. The van der Waals surface area contributed by atoms with Crippen molar-refractivity contribution in [3.8, 4) is 34.5 Å². The van der Waals surface area contributed by atoms with Gasteiger partial charge in [0.05, 0.1) is 61.4 Å². The van der Waals surface area contributed by atoms with Gasteiger partial charge in [-0.3, -0.25) is 9.44 Å². The molecule has 10 rings (SSSR count). The third-order valence-electron chi connectivity index (χ3n) is 14.5. The zero-order chi connectivity index (χ0) is 64.6. The first kappa shape index (κ1) is 72.7. The van der Waals surface area contributed by atoms with Gasteiger partial charge in [0, 0.05) is 24.0 Å². The van der Waals surface area contributed by atoms with Gasteiger partial charge in [-0.2, -0.15) is 17.6 Å². The number of nitrogens with zero attached hydrogens (tertiary/aromatic N) is 2. The minimum Gasteiger partial charge on any atom is -0.491 e. The van der Waals surface area contributed by atoms with E-state index < -0.39 is 57.4 Å². The summed E-state index contributed by atoms with van der Waals surface area (Å²) in [4.78, 5) is 27.2. The number of hydrogen-bond donors (Lipinski definition) is 2. The van der Waals surface area contributed by atoms with Crippen LogP contribution in [0.4, 0.5) is 28.9 Å². The summed E-state index contributed by atoms with van der Waals surface area (Å²) in [7, 11) is -3.72. The van der Waals surface area contributed by atoms with Gasteiger partial charge in [-0.1, -0.05) is 73.4 Å². The monoisotopic (exact) mass is 1400 g/mol. The molecule has 500 valence electrons. The van der Waals surface area contributed by atoms with E-state index in [4.69, 9.17) is 74.8 Å². The molecule has 4 aliphatic carbocycles. The smallest absolute Gasteiger partial charge is 0.387 e. The number of sulfonamides is 2. The second kappa shape index (κ2) is 32.0. The Kier molecular flexibility index (Phi) is 25.3. The van der Waals surface area contributed by atoms with Crippen molar-refractivity contribution in [2.75, 3.05) is 48.4 Å². The third-order valence-corrected chi connectivity index (χ3v) is 17.0. The summed E-state index contributed by atoms with van der Waals surface area (Å²) < 4.78 is 153. The summed E-state index contributed by atoms with van der Waals surface area (Å²) in [5, 5.41) is 1.34. The van der Waals surface area contributed by atoms with Gasteiger partial charge in [0.1, 0.15) is 57.9 Å². The fourth-order valence-corrected chi connectivity index (χ4v) is 11.6. The van der Waals surface area contributed by atoms with Crippen LogP contribution in [0.25, 0.3) is 0 Å². The highest BCUT2D eigenvalue weighted by Gasteiger charge is 2.31. The van der Waals surface area contributed by atoms with Crippen LogP contribution in [0.3, 0.4) is 0 Å². The quantitative estimate of drug-likeness (QED) is 0.0244. The van der Waals surface area contributed by atoms with Gasteiger partial charge in [0.25, 0.3) is 0 Å². The highest BCUT2D eigenvalue weighted by Crippen LogP contribution is 2.42. The molecule has 28 heteroatoms. The number of carbonyl (C=O) groups excluding carboxylic acids is 2. The number of pyridine rings is 2. The predicted octanol–water partition coefficient (Wildman–Crippen LogP) is 14.3. The zero-order valence-electron chi connectivity index (χ0n) is 49.2. The van der Waals surface area contributed by atoms with Crippen LogP contribution in [0.5, 0.6) is 34.5 Å². The molecule has 2 N–H and O–H groups in total. The van der Waals surface area contributed by atoms with E-state index in [-0.39, 0.29) is 84.7 Å². The molecule has 0 bridgehead atoms. The Morgan fingerprint density at radius 3 is 1.07 bits per heavy atom. The lowest BCUT2D eigenvalue weighted by Crippen LogP contribution is -2.27. The summed E-state index contributed by atoms with van der Waals surface area (Å²) in [6.07, 6.45) is 14.7. The Hall–Kier alpha value is -6.70. The Bertz CT molecular complexity index is 3530. The number of carbonyl (C=O) groups is 2. The summed E-state index contributed by atoms with van der Waals surface area (Å²) in [5.41, 5.74) is 2.44. The lowest BCUT2D eigenvalue weighted by Gasteiger charge is -2.22. The molecule has 4 saturated carbocycles. The molecule has 2 aromatic heterocycles. The maximum Gasteiger partial charge on any atom is 0.387 e. The van der Waals surface area contributed by atoms with Gasteiger partial charge >= 0.3 is 25.2 Å². The molecule has 0 unspecified atom stereocenters. The number of nitrogens with one attached hydrogen (secondary N) is 2. The van der Waals surface area contributed by atoms with E-state index in [1.165, 1.54) is 72.8 Å². The zero-order valence-corrected chi connectivity index (χ0v) is 53.9. The van der Waals surface area contributed by atoms with Gasteiger partial charge in [-0.15, -0.1) is 0 Å². The average molecular weight is 1410 g/mol. The molecule has 6 aromatic rings. The molecule has 4 fully saturated rings. The SMILES string of the molecule is C.C.C[n+]1cc(Cl)c(C[C@H](OC(=O)c2ccc(NS(C)(=O)=O)c(OCC3CC3)c2)c2ccc(OC(F)F)c(OCC3CC3)c2)c(Cl)c1.C[n+]1cc(Cl)c(C[C@H](OC(=O)c2ccc(NS(C)(=O)=O)c(OCC3CC3)c2)c2ccc(OC(F)F)c(OCC3CC3)c2)c(Cl)c1. The number of benzene rings is 4.